The molecule has 7 heteroatoms. The maximum Gasteiger partial charge on any atom is 0.231 e. The molecule has 1 unspecified atom stereocenters. The highest BCUT2D eigenvalue weighted by Gasteiger charge is 2.32. The molecule has 2 aliphatic rings. The van der Waals surface area contributed by atoms with Gasteiger partial charge in [-0.3, -0.25) is 4.79 Å². The number of carbonyl (C=O) groups is 1. The fourth-order valence-electron chi connectivity index (χ4n) is 3.28. The molecule has 2 aromatic rings. The van der Waals surface area contributed by atoms with Crippen LogP contribution in [0.15, 0.2) is 36.5 Å². The molecular formula is C20H22N2O5. The molecule has 1 aromatic carbocycles. The summed E-state index contributed by atoms with van der Waals surface area (Å²) in [6.45, 7) is 4.84. The smallest absolute Gasteiger partial charge is 0.231 e. The van der Waals surface area contributed by atoms with Crippen LogP contribution in [-0.4, -0.2) is 29.9 Å². The molecule has 7 nitrogen and oxygen atoms in total. The fourth-order valence-corrected chi connectivity index (χ4v) is 3.28. The first-order chi connectivity index (χ1) is 13.0. The third-order valence-corrected chi connectivity index (χ3v) is 4.64. The fraction of sp³-hybridized carbons (Fsp3) is 0.400. The Hall–Kier alpha value is -2.80. The van der Waals surface area contributed by atoms with Gasteiger partial charge in [0.2, 0.25) is 18.6 Å². The number of ether oxygens (including phenoxy) is 4. The summed E-state index contributed by atoms with van der Waals surface area (Å²) in [5.41, 5.74) is 0.378. The second kappa shape index (κ2) is 7.08. The highest BCUT2D eigenvalue weighted by atomic mass is 16.7. The zero-order chi connectivity index (χ0) is 18.9. The average molecular weight is 370 g/mol. The Balaban J connectivity index is 1.37. The lowest BCUT2D eigenvalue weighted by molar-refractivity contribution is -0.130. The first kappa shape index (κ1) is 17.6. The quantitative estimate of drug-likeness (QED) is 0.883. The van der Waals surface area contributed by atoms with E-state index in [1.165, 1.54) is 0 Å². The van der Waals surface area contributed by atoms with Crippen molar-refractivity contribution in [3.05, 3.63) is 36.5 Å². The van der Waals surface area contributed by atoms with Crippen molar-refractivity contribution in [2.75, 3.05) is 18.7 Å². The van der Waals surface area contributed by atoms with E-state index in [2.05, 4.69) is 10.3 Å². The first-order valence-corrected chi connectivity index (χ1v) is 8.97. The number of benzene rings is 1. The number of aromatic nitrogens is 1. The minimum atomic E-state index is -0.263. The molecule has 0 radical (unpaired) electrons. The number of anilines is 1. The number of carbonyl (C=O) groups excluding carboxylic acids is 1. The summed E-state index contributed by atoms with van der Waals surface area (Å²) in [4.78, 5) is 16.7. The summed E-state index contributed by atoms with van der Waals surface area (Å²) in [6.07, 6.45) is 3.02. The standard InChI is InChI=1S/C20H22N2O5/c1-20(2)10-13(7-8-26-20)19(23)22-14-3-6-18(21-11-14)27-15-4-5-16-17(9-15)25-12-24-16/h3-6,9,11,13H,7-8,10,12H2,1-2H3,(H,22,23). The van der Waals surface area contributed by atoms with E-state index >= 15 is 0 Å². The third kappa shape index (κ3) is 4.14. The van der Waals surface area contributed by atoms with Crippen molar-refractivity contribution < 1.29 is 23.7 Å². The summed E-state index contributed by atoms with van der Waals surface area (Å²) >= 11 is 0. The highest BCUT2D eigenvalue weighted by molar-refractivity contribution is 5.92. The molecule has 1 aromatic heterocycles. The van der Waals surface area contributed by atoms with Crippen molar-refractivity contribution in [1.82, 2.24) is 4.98 Å². The maximum absolute atomic E-state index is 12.5. The molecule has 1 fully saturated rings. The van der Waals surface area contributed by atoms with Gasteiger partial charge in [0.15, 0.2) is 11.5 Å². The van der Waals surface area contributed by atoms with E-state index in [1.54, 1.807) is 36.5 Å². The van der Waals surface area contributed by atoms with Gasteiger partial charge in [-0.05, 0) is 44.9 Å². The molecule has 0 saturated carbocycles. The predicted molar refractivity (Wildman–Crippen MR) is 98.3 cm³/mol. The number of pyridine rings is 1. The Bertz CT molecular complexity index is 835. The molecule has 1 N–H and O–H groups in total. The van der Waals surface area contributed by atoms with Crippen molar-refractivity contribution in [2.45, 2.75) is 32.3 Å². The summed E-state index contributed by atoms with van der Waals surface area (Å²) in [5.74, 6) is 2.32. The number of fused-ring (bicyclic) bond motifs is 1. The highest BCUT2D eigenvalue weighted by Crippen LogP contribution is 2.36. The van der Waals surface area contributed by atoms with Crippen LogP contribution in [0.25, 0.3) is 0 Å². The monoisotopic (exact) mass is 370 g/mol. The minimum Gasteiger partial charge on any atom is -0.454 e. The topological polar surface area (TPSA) is 78.9 Å². The van der Waals surface area contributed by atoms with Crippen molar-refractivity contribution in [2.24, 2.45) is 5.92 Å². The van der Waals surface area contributed by atoms with Gasteiger partial charge in [0.25, 0.3) is 0 Å². The number of nitrogens with zero attached hydrogens (tertiary/aromatic N) is 1. The first-order valence-electron chi connectivity index (χ1n) is 8.97. The molecule has 2 aliphatic heterocycles. The summed E-state index contributed by atoms with van der Waals surface area (Å²) in [7, 11) is 0. The molecule has 0 spiro atoms. The van der Waals surface area contributed by atoms with Crippen LogP contribution in [0.1, 0.15) is 26.7 Å². The summed E-state index contributed by atoms with van der Waals surface area (Å²) in [5, 5.41) is 2.93. The Morgan fingerprint density at radius 1 is 1.22 bits per heavy atom. The van der Waals surface area contributed by atoms with E-state index in [0.29, 0.717) is 41.8 Å². The number of hydrogen-bond acceptors (Lipinski definition) is 6. The Morgan fingerprint density at radius 3 is 2.85 bits per heavy atom. The van der Waals surface area contributed by atoms with Crippen molar-refractivity contribution >= 4 is 11.6 Å². The Kier molecular flexibility index (Phi) is 4.61. The van der Waals surface area contributed by atoms with Gasteiger partial charge < -0.3 is 24.3 Å². The number of amides is 1. The summed E-state index contributed by atoms with van der Waals surface area (Å²) in [6, 6.07) is 8.83. The van der Waals surface area contributed by atoms with Gasteiger partial charge in [0, 0.05) is 24.7 Å². The molecule has 1 saturated heterocycles. The van der Waals surface area contributed by atoms with E-state index in [9.17, 15) is 4.79 Å². The van der Waals surface area contributed by atoms with Gasteiger partial charge in [-0.25, -0.2) is 4.98 Å². The van der Waals surface area contributed by atoms with Gasteiger partial charge in [0.05, 0.1) is 17.5 Å². The summed E-state index contributed by atoms with van der Waals surface area (Å²) < 4.78 is 22.0. The molecule has 1 atom stereocenters. The second-order valence-corrected chi connectivity index (χ2v) is 7.29. The van der Waals surface area contributed by atoms with Crippen LogP contribution < -0.4 is 19.5 Å². The second-order valence-electron chi connectivity index (χ2n) is 7.29. The van der Waals surface area contributed by atoms with Crippen molar-refractivity contribution in [1.29, 1.82) is 0 Å². The predicted octanol–water partition coefficient (Wildman–Crippen LogP) is 3.75. The lowest BCUT2D eigenvalue weighted by Gasteiger charge is -2.34. The molecule has 4 rings (SSSR count). The maximum atomic E-state index is 12.5. The van der Waals surface area contributed by atoms with Gasteiger partial charge in [-0.1, -0.05) is 0 Å². The normalized spacial score (nSPS) is 20.1. The molecule has 142 valence electrons. The molecule has 27 heavy (non-hydrogen) atoms. The van der Waals surface area contributed by atoms with Crippen LogP contribution in [0.4, 0.5) is 5.69 Å². The zero-order valence-electron chi connectivity index (χ0n) is 15.4. The van der Waals surface area contributed by atoms with E-state index in [-0.39, 0.29) is 24.2 Å². The van der Waals surface area contributed by atoms with Gasteiger partial charge in [-0.15, -0.1) is 0 Å². The minimum absolute atomic E-state index is 0.00221. The molecular weight excluding hydrogens is 348 g/mol. The van der Waals surface area contributed by atoms with E-state index in [4.69, 9.17) is 18.9 Å². The zero-order valence-corrected chi connectivity index (χ0v) is 15.4. The molecule has 0 bridgehead atoms. The van der Waals surface area contributed by atoms with Crippen molar-refractivity contribution in [3.8, 4) is 23.1 Å². The number of hydrogen-bond donors (Lipinski definition) is 1. The van der Waals surface area contributed by atoms with Crippen molar-refractivity contribution in [3.63, 3.8) is 0 Å². The van der Waals surface area contributed by atoms with Crippen LogP contribution in [0, 0.1) is 5.92 Å². The van der Waals surface area contributed by atoms with E-state index in [1.807, 2.05) is 13.8 Å². The van der Waals surface area contributed by atoms with Crippen LogP contribution >= 0.6 is 0 Å². The lowest BCUT2D eigenvalue weighted by Crippen LogP contribution is -2.39. The molecule has 3 heterocycles. The molecule has 1 amide bonds. The van der Waals surface area contributed by atoms with Gasteiger partial charge >= 0.3 is 0 Å². The van der Waals surface area contributed by atoms with Crippen LogP contribution in [0.2, 0.25) is 0 Å². The average Bonchev–Trinajstić information content (AvgIpc) is 3.10. The number of nitrogens with one attached hydrogen (secondary N) is 1. The van der Waals surface area contributed by atoms with Crippen LogP contribution in [0.3, 0.4) is 0 Å². The third-order valence-electron chi connectivity index (χ3n) is 4.64. The largest absolute Gasteiger partial charge is 0.454 e. The van der Waals surface area contributed by atoms with Crippen LogP contribution in [0.5, 0.6) is 23.1 Å². The van der Waals surface area contributed by atoms with Gasteiger partial charge in [0.1, 0.15) is 5.75 Å². The van der Waals surface area contributed by atoms with Crippen LogP contribution in [-0.2, 0) is 9.53 Å². The van der Waals surface area contributed by atoms with E-state index < -0.39 is 0 Å². The Labute approximate surface area is 157 Å². The SMILES string of the molecule is CC1(C)CC(C(=O)Nc2ccc(Oc3ccc4c(c3)OCO4)nc2)CCO1. The van der Waals surface area contributed by atoms with Gasteiger partial charge in [-0.2, -0.15) is 0 Å². The van der Waals surface area contributed by atoms with E-state index in [0.717, 1.165) is 6.42 Å². The Morgan fingerprint density at radius 2 is 2.07 bits per heavy atom. The molecule has 0 aliphatic carbocycles. The number of rotatable bonds is 4. The lowest BCUT2D eigenvalue weighted by atomic mass is 9.88.